The monoisotopic (exact) mass is 482 g/mol. The van der Waals surface area contributed by atoms with Gasteiger partial charge in [0.05, 0.1) is 11.9 Å². The maximum Gasteiger partial charge on any atom is 0.229 e. The van der Waals surface area contributed by atoms with Crippen LogP contribution in [0.1, 0.15) is 12.8 Å². The van der Waals surface area contributed by atoms with Gasteiger partial charge in [0.25, 0.3) is 0 Å². The molecule has 166 valence electrons. The summed E-state index contributed by atoms with van der Waals surface area (Å²) in [6, 6.07) is 7.40. The van der Waals surface area contributed by atoms with Crippen molar-refractivity contribution in [3.63, 3.8) is 0 Å². The van der Waals surface area contributed by atoms with E-state index in [1.165, 1.54) is 21.9 Å². The zero-order valence-electron chi connectivity index (χ0n) is 17.0. The number of halogens is 1. The molecule has 1 aromatic heterocycles. The number of hydrogen-bond donors (Lipinski definition) is 1. The van der Waals surface area contributed by atoms with E-state index in [-0.39, 0.29) is 23.7 Å². The molecule has 11 heteroatoms. The van der Waals surface area contributed by atoms with Crippen molar-refractivity contribution in [2.24, 2.45) is 11.8 Å². The fourth-order valence-electron chi connectivity index (χ4n) is 3.86. The first-order valence-corrected chi connectivity index (χ1v) is 13.1. The van der Waals surface area contributed by atoms with Gasteiger partial charge >= 0.3 is 0 Å². The fourth-order valence-corrected chi connectivity index (χ4v) is 5.64. The van der Waals surface area contributed by atoms with Crippen molar-refractivity contribution in [3.05, 3.63) is 34.7 Å². The highest BCUT2D eigenvalue weighted by atomic mass is 35.5. The fraction of sp³-hybridized carbons (Fsp3) is 0.450. The second kappa shape index (κ2) is 8.85. The van der Waals surface area contributed by atoms with E-state index in [9.17, 15) is 18.0 Å². The first kappa shape index (κ1) is 22.2. The van der Waals surface area contributed by atoms with Gasteiger partial charge in [-0.1, -0.05) is 29.8 Å². The predicted octanol–water partition coefficient (Wildman–Crippen LogP) is 2.53. The predicted molar refractivity (Wildman–Crippen MR) is 120 cm³/mol. The van der Waals surface area contributed by atoms with Gasteiger partial charge in [-0.05, 0) is 18.9 Å². The van der Waals surface area contributed by atoms with E-state index >= 15 is 0 Å². The Morgan fingerprint density at radius 2 is 1.81 bits per heavy atom. The van der Waals surface area contributed by atoms with Gasteiger partial charge in [0, 0.05) is 54.0 Å². The van der Waals surface area contributed by atoms with Crippen LogP contribution in [-0.2, 0) is 19.6 Å². The van der Waals surface area contributed by atoms with Crippen LogP contribution in [0.15, 0.2) is 29.6 Å². The number of aromatic nitrogens is 1. The zero-order chi connectivity index (χ0) is 22.2. The van der Waals surface area contributed by atoms with Crippen molar-refractivity contribution >= 4 is 49.9 Å². The van der Waals surface area contributed by atoms with E-state index in [0.29, 0.717) is 54.9 Å². The molecule has 0 radical (unpaired) electrons. The highest BCUT2D eigenvalue weighted by molar-refractivity contribution is 7.88. The van der Waals surface area contributed by atoms with Gasteiger partial charge in [-0.25, -0.2) is 13.4 Å². The molecule has 0 atom stereocenters. The quantitative estimate of drug-likeness (QED) is 0.705. The molecule has 1 aliphatic carbocycles. The third-order valence-electron chi connectivity index (χ3n) is 5.76. The Kier molecular flexibility index (Phi) is 6.34. The molecule has 2 amide bonds. The second-order valence-corrected chi connectivity index (χ2v) is 11.1. The molecule has 1 saturated carbocycles. The van der Waals surface area contributed by atoms with E-state index in [0.717, 1.165) is 5.56 Å². The van der Waals surface area contributed by atoms with Crippen LogP contribution in [-0.4, -0.2) is 66.9 Å². The number of rotatable bonds is 5. The van der Waals surface area contributed by atoms with Crippen molar-refractivity contribution in [3.8, 4) is 11.3 Å². The summed E-state index contributed by atoms with van der Waals surface area (Å²) in [6.45, 7) is 1.42. The molecule has 1 N–H and O–H groups in total. The maximum absolute atomic E-state index is 12.7. The van der Waals surface area contributed by atoms with Crippen molar-refractivity contribution in [2.75, 3.05) is 37.8 Å². The standard InChI is InChI=1S/C20H23ClN4O4S2/c1-31(28,29)25-8-6-24(7-9-25)19(27)14-10-13(11-14)18(26)23-20-22-17(12-30-20)15-4-2-3-5-16(15)21/h2-5,12-14H,6-11H2,1H3,(H,22,23,26)/t13-,14+. The van der Waals surface area contributed by atoms with Crippen LogP contribution in [0, 0.1) is 11.8 Å². The highest BCUT2D eigenvalue weighted by Gasteiger charge is 2.41. The molecule has 2 aromatic rings. The number of nitrogens with zero attached hydrogens (tertiary/aromatic N) is 3. The Balaban J connectivity index is 1.27. The lowest BCUT2D eigenvalue weighted by atomic mass is 9.73. The Labute approximate surface area is 190 Å². The number of benzene rings is 1. The summed E-state index contributed by atoms with van der Waals surface area (Å²) in [7, 11) is -3.22. The number of hydrogen-bond acceptors (Lipinski definition) is 6. The maximum atomic E-state index is 12.7. The molecule has 1 aliphatic heterocycles. The van der Waals surface area contributed by atoms with Gasteiger partial charge in [0.2, 0.25) is 21.8 Å². The normalized spacial score (nSPS) is 22.1. The summed E-state index contributed by atoms with van der Waals surface area (Å²) in [5, 5.41) is 5.80. The molecule has 8 nitrogen and oxygen atoms in total. The van der Waals surface area contributed by atoms with Gasteiger partial charge in [-0.3, -0.25) is 9.59 Å². The summed E-state index contributed by atoms with van der Waals surface area (Å²) in [5.74, 6) is -0.534. The Hall–Kier alpha value is -2.01. The molecule has 2 fully saturated rings. The minimum absolute atomic E-state index is 0.00690. The summed E-state index contributed by atoms with van der Waals surface area (Å²) in [5.41, 5.74) is 1.52. The zero-order valence-corrected chi connectivity index (χ0v) is 19.3. The Bertz CT molecular complexity index is 1090. The highest BCUT2D eigenvalue weighted by Crippen LogP contribution is 2.37. The molecule has 2 heterocycles. The van der Waals surface area contributed by atoms with Crippen molar-refractivity contribution in [1.29, 1.82) is 0 Å². The van der Waals surface area contributed by atoms with Gasteiger partial charge in [0.15, 0.2) is 5.13 Å². The minimum atomic E-state index is -3.22. The number of sulfonamides is 1. The summed E-state index contributed by atoms with van der Waals surface area (Å²) in [6.07, 6.45) is 2.18. The topological polar surface area (TPSA) is 99.7 Å². The van der Waals surface area contributed by atoms with E-state index in [4.69, 9.17) is 11.6 Å². The van der Waals surface area contributed by atoms with Crippen molar-refractivity contribution < 1.29 is 18.0 Å². The average molecular weight is 483 g/mol. The first-order chi connectivity index (χ1) is 14.7. The van der Waals surface area contributed by atoms with Crippen LogP contribution in [0.2, 0.25) is 5.02 Å². The largest absolute Gasteiger partial charge is 0.340 e. The lowest BCUT2D eigenvalue weighted by Gasteiger charge is -2.39. The van der Waals surface area contributed by atoms with E-state index in [1.807, 2.05) is 23.6 Å². The summed E-state index contributed by atoms with van der Waals surface area (Å²) in [4.78, 5) is 31.4. The summed E-state index contributed by atoms with van der Waals surface area (Å²) >= 11 is 7.54. The lowest BCUT2D eigenvalue weighted by Crippen LogP contribution is -2.53. The molecule has 0 bridgehead atoms. The van der Waals surface area contributed by atoms with Crippen LogP contribution in [0.5, 0.6) is 0 Å². The van der Waals surface area contributed by atoms with Crippen molar-refractivity contribution in [2.45, 2.75) is 12.8 Å². The Morgan fingerprint density at radius 1 is 1.13 bits per heavy atom. The second-order valence-electron chi connectivity index (χ2n) is 7.86. The molecule has 31 heavy (non-hydrogen) atoms. The lowest BCUT2D eigenvalue weighted by molar-refractivity contribution is -0.143. The number of amides is 2. The molecule has 4 rings (SSSR count). The first-order valence-electron chi connectivity index (χ1n) is 9.97. The van der Waals surface area contributed by atoms with Crippen molar-refractivity contribution in [1.82, 2.24) is 14.2 Å². The van der Waals surface area contributed by atoms with E-state index in [2.05, 4.69) is 10.3 Å². The molecule has 2 aliphatic rings. The van der Waals surface area contributed by atoms with Crippen LogP contribution >= 0.6 is 22.9 Å². The third kappa shape index (κ3) is 4.92. The van der Waals surface area contributed by atoms with Crippen LogP contribution in [0.4, 0.5) is 5.13 Å². The van der Waals surface area contributed by atoms with Gasteiger partial charge < -0.3 is 10.2 Å². The number of nitrogens with one attached hydrogen (secondary N) is 1. The Morgan fingerprint density at radius 3 is 2.45 bits per heavy atom. The third-order valence-corrected chi connectivity index (χ3v) is 8.15. The summed E-state index contributed by atoms with van der Waals surface area (Å²) < 4.78 is 24.6. The number of piperazine rings is 1. The smallest absolute Gasteiger partial charge is 0.229 e. The molecule has 0 spiro atoms. The van der Waals surface area contributed by atoms with Crippen LogP contribution in [0.3, 0.4) is 0 Å². The van der Waals surface area contributed by atoms with Gasteiger partial charge in [0.1, 0.15) is 0 Å². The number of anilines is 1. The van der Waals surface area contributed by atoms with Crippen LogP contribution in [0.25, 0.3) is 11.3 Å². The van der Waals surface area contributed by atoms with E-state index in [1.54, 1.807) is 11.0 Å². The molecule has 0 unspecified atom stereocenters. The van der Waals surface area contributed by atoms with E-state index < -0.39 is 10.0 Å². The molecule has 1 saturated heterocycles. The average Bonchev–Trinajstić information content (AvgIpc) is 3.14. The van der Waals surface area contributed by atoms with Crippen LogP contribution < -0.4 is 5.32 Å². The number of carbonyl (C=O) groups excluding carboxylic acids is 2. The minimum Gasteiger partial charge on any atom is -0.340 e. The SMILES string of the molecule is CS(=O)(=O)N1CCN(C(=O)[C@H]2C[C@@H](C(=O)Nc3nc(-c4ccccc4Cl)cs3)C2)CC1. The van der Waals surface area contributed by atoms with Gasteiger partial charge in [-0.2, -0.15) is 4.31 Å². The number of carbonyl (C=O) groups is 2. The molecular weight excluding hydrogens is 460 g/mol. The molecule has 1 aromatic carbocycles. The molecular formula is C20H23ClN4O4S2. The van der Waals surface area contributed by atoms with Gasteiger partial charge in [-0.15, -0.1) is 11.3 Å². The number of thiazole rings is 1.